The quantitative estimate of drug-likeness (QED) is 0.504. The van der Waals surface area contributed by atoms with Gasteiger partial charge >= 0.3 is 6.18 Å². The highest BCUT2D eigenvalue weighted by atomic mass is 32.2. The van der Waals surface area contributed by atoms with Crippen LogP contribution >= 0.6 is 11.8 Å². The molecule has 0 radical (unpaired) electrons. The minimum atomic E-state index is -4.51. The number of rotatable bonds is 7. The molecule has 0 spiro atoms. The number of nitrogens with zero attached hydrogens (tertiary/aromatic N) is 4. The molecular weight excluding hydrogens is 467 g/mol. The number of morpholine rings is 1. The molecule has 1 N–H and O–H groups in total. The van der Waals surface area contributed by atoms with Crippen LogP contribution < -0.4 is 10.2 Å². The van der Waals surface area contributed by atoms with Gasteiger partial charge in [0, 0.05) is 26.6 Å². The normalized spacial score (nSPS) is 14.3. The maximum Gasteiger partial charge on any atom is 0.416 e. The number of halogens is 3. The number of nitrogens with one attached hydrogen (secondary N) is 1. The van der Waals surface area contributed by atoms with E-state index in [1.54, 1.807) is 0 Å². The van der Waals surface area contributed by atoms with Gasteiger partial charge in [0.25, 0.3) is 0 Å². The highest BCUT2D eigenvalue weighted by Crippen LogP contribution is 2.36. The second kappa shape index (κ2) is 10.5. The van der Waals surface area contributed by atoms with E-state index >= 15 is 0 Å². The third-order valence-electron chi connectivity index (χ3n) is 5.41. The molecule has 2 heterocycles. The number of ether oxygens (including phenoxy) is 1. The molecule has 1 aromatic heterocycles. The van der Waals surface area contributed by atoms with Gasteiger partial charge in [-0.25, -0.2) is 0 Å². The van der Waals surface area contributed by atoms with Crippen LogP contribution in [0.4, 0.5) is 24.5 Å². The molecule has 11 heteroatoms. The fourth-order valence-corrected chi connectivity index (χ4v) is 4.34. The van der Waals surface area contributed by atoms with Gasteiger partial charge in [0.05, 0.1) is 35.9 Å². The number of thioether (sulfide) groups is 1. The second-order valence-corrected chi connectivity index (χ2v) is 8.73. The first-order chi connectivity index (χ1) is 16.3. The fraction of sp³-hybridized carbons (Fsp3) is 0.348. The van der Waals surface area contributed by atoms with Crippen molar-refractivity contribution in [2.75, 3.05) is 42.3 Å². The third kappa shape index (κ3) is 5.89. The molecule has 7 nitrogen and oxygen atoms in total. The summed E-state index contributed by atoms with van der Waals surface area (Å²) in [7, 11) is 1.82. The van der Waals surface area contributed by atoms with E-state index in [9.17, 15) is 18.0 Å². The summed E-state index contributed by atoms with van der Waals surface area (Å²) in [4.78, 5) is 14.6. The van der Waals surface area contributed by atoms with Crippen LogP contribution in [-0.2, 0) is 29.2 Å². The van der Waals surface area contributed by atoms with Crippen LogP contribution in [0.3, 0.4) is 0 Å². The van der Waals surface area contributed by atoms with Crippen LogP contribution in [0.5, 0.6) is 0 Å². The molecule has 0 aliphatic carbocycles. The largest absolute Gasteiger partial charge is 0.416 e. The monoisotopic (exact) mass is 491 g/mol. The molecule has 1 fully saturated rings. The minimum Gasteiger partial charge on any atom is -0.378 e. The molecule has 0 bridgehead atoms. The fourth-order valence-electron chi connectivity index (χ4n) is 3.61. The molecule has 2 aromatic carbocycles. The van der Waals surface area contributed by atoms with Crippen molar-refractivity contribution in [3.05, 3.63) is 65.5 Å². The summed E-state index contributed by atoms with van der Waals surface area (Å²) in [6.45, 7) is 2.02. The lowest BCUT2D eigenvalue weighted by Gasteiger charge is -2.31. The summed E-state index contributed by atoms with van der Waals surface area (Å²) in [6.07, 6.45) is -3.91. The summed E-state index contributed by atoms with van der Waals surface area (Å²) < 4.78 is 47.0. The lowest BCUT2D eigenvalue weighted by Crippen LogP contribution is -2.37. The first-order valence-corrected chi connectivity index (χ1v) is 11.7. The third-order valence-corrected chi connectivity index (χ3v) is 6.43. The van der Waals surface area contributed by atoms with Crippen molar-refractivity contribution in [1.82, 2.24) is 14.8 Å². The van der Waals surface area contributed by atoms with Gasteiger partial charge in [-0.1, -0.05) is 42.1 Å². The Kier molecular flexibility index (Phi) is 7.42. The molecule has 1 amide bonds. The highest BCUT2D eigenvalue weighted by Gasteiger charge is 2.32. The number of hydrogen-bond donors (Lipinski definition) is 1. The van der Waals surface area contributed by atoms with Gasteiger partial charge < -0.3 is 19.5 Å². The Hall–Kier alpha value is -3.05. The van der Waals surface area contributed by atoms with Crippen LogP contribution in [-0.4, -0.2) is 52.7 Å². The Bertz CT molecular complexity index is 1130. The number of carbonyl (C=O) groups is 1. The van der Waals surface area contributed by atoms with Gasteiger partial charge in [-0.15, -0.1) is 10.2 Å². The number of hydrogen-bond acceptors (Lipinski definition) is 6. The predicted molar refractivity (Wildman–Crippen MR) is 124 cm³/mol. The molecule has 0 unspecified atom stereocenters. The Morgan fingerprint density at radius 1 is 1.12 bits per heavy atom. The first kappa shape index (κ1) is 24.1. The number of anilines is 2. The van der Waals surface area contributed by atoms with Crippen LogP contribution in [0.1, 0.15) is 17.0 Å². The Labute approximate surface area is 199 Å². The Morgan fingerprint density at radius 2 is 1.85 bits per heavy atom. The Balaban J connectivity index is 1.44. The molecule has 4 rings (SSSR count). The maximum atomic E-state index is 13.3. The van der Waals surface area contributed by atoms with Crippen molar-refractivity contribution in [2.24, 2.45) is 7.05 Å². The summed E-state index contributed by atoms with van der Waals surface area (Å²) in [5, 5.41) is 11.6. The zero-order valence-corrected chi connectivity index (χ0v) is 19.3. The van der Waals surface area contributed by atoms with E-state index in [-0.39, 0.29) is 11.4 Å². The molecule has 3 aromatic rings. The summed E-state index contributed by atoms with van der Waals surface area (Å²) in [5.41, 5.74) is 0.947. The summed E-state index contributed by atoms with van der Waals surface area (Å²) in [5.74, 6) is 0.309. The lowest BCUT2D eigenvalue weighted by atomic mass is 10.1. The first-order valence-electron chi connectivity index (χ1n) is 10.7. The zero-order valence-electron chi connectivity index (χ0n) is 18.5. The molecular formula is C23H24F3N5O2S. The van der Waals surface area contributed by atoms with E-state index in [2.05, 4.69) is 15.5 Å². The molecule has 1 aliphatic heterocycles. The molecule has 0 atom stereocenters. The van der Waals surface area contributed by atoms with Crippen molar-refractivity contribution in [1.29, 1.82) is 0 Å². The number of carbonyl (C=O) groups excluding carboxylic acids is 1. The standard InChI is InChI=1S/C23H24F3N5O2S/c1-30-20(13-16-5-3-2-4-6-16)28-29-22(30)34-15-21(32)27-18-14-17(23(24,25)26)7-8-19(18)31-9-11-33-12-10-31/h2-8,14H,9-13,15H2,1H3,(H,27,32). The van der Waals surface area contributed by atoms with E-state index in [1.165, 1.54) is 17.8 Å². The van der Waals surface area contributed by atoms with Crippen molar-refractivity contribution >= 4 is 29.0 Å². The second-order valence-electron chi connectivity index (χ2n) is 7.79. The maximum absolute atomic E-state index is 13.3. The van der Waals surface area contributed by atoms with E-state index in [0.29, 0.717) is 43.6 Å². The lowest BCUT2D eigenvalue weighted by molar-refractivity contribution is -0.137. The van der Waals surface area contributed by atoms with Crippen LogP contribution in [0, 0.1) is 0 Å². The van der Waals surface area contributed by atoms with E-state index in [4.69, 9.17) is 4.74 Å². The van der Waals surface area contributed by atoms with Gasteiger partial charge in [-0.05, 0) is 23.8 Å². The van der Waals surface area contributed by atoms with Gasteiger partial charge in [0.2, 0.25) is 5.91 Å². The SMILES string of the molecule is Cn1c(Cc2ccccc2)nnc1SCC(=O)Nc1cc(C(F)(F)F)ccc1N1CCOCC1. The summed E-state index contributed by atoms with van der Waals surface area (Å²) in [6, 6.07) is 13.2. The van der Waals surface area contributed by atoms with Crippen molar-refractivity contribution in [3.8, 4) is 0 Å². The average Bonchev–Trinajstić information content (AvgIpc) is 3.17. The summed E-state index contributed by atoms with van der Waals surface area (Å²) >= 11 is 1.18. The predicted octanol–water partition coefficient (Wildman–Crippen LogP) is 3.99. The molecule has 34 heavy (non-hydrogen) atoms. The van der Waals surface area contributed by atoms with Crippen molar-refractivity contribution in [2.45, 2.75) is 17.8 Å². The van der Waals surface area contributed by atoms with Gasteiger partial charge in [0.15, 0.2) is 5.16 Å². The van der Waals surface area contributed by atoms with Gasteiger partial charge in [-0.2, -0.15) is 13.2 Å². The number of amides is 1. The van der Waals surface area contributed by atoms with E-state index in [1.807, 2.05) is 46.8 Å². The van der Waals surface area contributed by atoms with Crippen LogP contribution in [0.2, 0.25) is 0 Å². The molecule has 0 saturated carbocycles. The van der Waals surface area contributed by atoms with Crippen molar-refractivity contribution in [3.63, 3.8) is 0 Å². The van der Waals surface area contributed by atoms with Crippen molar-refractivity contribution < 1.29 is 22.7 Å². The van der Waals surface area contributed by atoms with Gasteiger partial charge in [-0.3, -0.25) is 4.79 Å². The Morgan fingerprint density at radius 3 is 2.56 bits per heavy atom. The van der Waals surface area contributed by atoms with E-state index < -0.39 is 17.6 Å². The zero-order chi connectivity index (χ0) is 24.1. The number of benzene rings is 2. The average molecular weight is 492 g/mol. The highest BCUT2D eigenvalue weighted by molar-refractivity contribution is 7.99. The van der Waals surface area contributed by atoms with Crippen LogP contribution in [0.15, 0.2) is 53.7 Å². The number of alkyl halides is 3. The minimum absolute atomic E-state index is 0.0178. The molecule has 1 saturated heterocycles. The topological polar surface area (TPSA) is 72.3 Å². The number of aromatic nitrogens is 3. The molecule has 1 aliphatic rings. The van der Waals surface area contributed by atoms with Gasteiger partial charge in [0.1, 0.15) is 5.82 Å². The molecule has 180 valence electrons. The smallest absolute Gasteiger partial charge is 0.378 e. The van der Waals surface area contributed by atoms with E-state index in [0.717, 1.165) is 23.5 Å². The van der Waals surface area contributed by atoms with Crippen LogP contribution in [0.25, 0.3) is 0 Å².